The van der Waals surface area contributed by atoms with E-state index in [1.54, 1.807) is 6.07 Å². The molecular weight excluding hydrogens is 302 g/mol. The molecule has 0 fully saturated rings. The van der Waals surface area contributed by atoms with Gasteiger partial charge in [0.1, 0.15) is 0 Å². The van der Waals surface area contributed by atoms with E-state index in [1.165, 1.54) is 11.3 Å². The summed E-state index contributed by atoms with van der Waals surface area (Å²) < 4.78 is 0. The Kier molecular flexibility index (Phi) is 3.84. The Bertz CT molecular complexity index is 827. The topological polar surface area (TPSA) is 65.2 Å². The number of amides is 1. The zero-order valence-electron chi connectivity index (χ0n) is 13.5. The summed E-state index contributed by atoms with van der Waals surface area (Å²) in [6.45, 7) is 1.27. The molecule has 0 unspecified atom stereocenters. The van der Waals surface area contributed by atoms with Gasteiger partial charge in [-0.15, -0.1) is 0 Å². The minimum absolute atomic E-state index is 0.00375. The van der Waals surface area contributed by atoms with Crippen LogP contribution >= 0.6 is 0 Å². The van der Waals surface area contributed by atoms with E-state index in [2.05, 4.69) is 27.3 Å². The maximum absolute atomic E-state index is 12.5. The van der Waals surface area contributed by atoms with Crippen LogP contribution in [0, 0.1) is 0 Å². The molecule has 5 heteroatoms. The summed E-state index contributed by atoms with van der Waals surface area (Å²) in [6.07, 6.45) is 3.76. The molecule has 2 heterocycles. The number of rotatable bonds is 3. The van der Waals surface area contributed by atoms with E-state index >= 15 is 0 Å². The third-order valence-corrected chi connectivity index (χ3v) is 4.98. The van der Waals surface area contributed by atoms with Crippen molar-refractivity contribution in [3.8, 4) is 0 Å². The van der Waals surface area contributed by atoms with E-state index in [9.17, 15) is 9.59 Å². The number of benzene rings is 1. The van der Waals surface area contributed by atoms with E-state index in [4.69, 9.17) is 0 Å². The zero-order valence-corrected chi connectivity index (χ0v) is 13.5. The molecule has 2 N–H and O–H groups in total. The van der Waals surface area contributed by atoms with Crippen molar-refractivity contribution in [1.29, 1.82) is 0 Å². The third-order valence-electron chi connectivity index (χ3n) is 4.98. The lowest BCUT2D eigenvalue weighted by atomic mass is 9.91. The summed E-state index contributed by atoms with van der Waals surface area (Å²) in [5.74, 6) is 0.0377. The lowest BCUT2D eigenvalue weighted by Gasteiger charge is -2.27. The molecular formula is C19H21N3O2. The molecule has 4 rings (SSSR count). The number of H-pyrrole nitrogens is 1. The summed E-state index contributed by atoms with van der Waals surface area (Å²) in [5.41, 5.74) is 4.42. The minimum Gasteiger partial charge on any atom is -0.362 e. The fourth-order valence-electron chi connectivity index (χ4n) is 3.83. The smallest absolute Gasteiger partial charge is 0.248 e. The van der Waals surface area contributed by atoms with Crippen molar-refractivity contribution in [1.82, 2.24) is 10.3 Å². The molecule has 2 aromatic rings. The lowest BCUT2D eigenvalue weighted by Crippen LogP contribution is -2.39. The first-order chi connectivity index (χ1) is 11.7. The second kappa shape index (κ2) is 6.15. The van der Waals surface area contributed by atoms with Gasteiger partial charge in [0, 0.05) is 24.0 Å². The van der Waals surface area contributed by atoms with Gasteiger partial charge in [0.05, 0.1) is 12.6 Å². The van der Waals surface area contributed by atoms with E-state index in [1.807, 2.05) is 18.2 Å². The van der Waals surface area contributed by atoms with Gasteiger partial charge in [-0.3, -0.25) is 9.59 Å². The quantitative estimate of drug-likeness (QED) is 0.907. The standard InChI is InChI=1S/C19H21N3O2/c23-18-9-8-14-15(20-18)5-3-6-16(14)21-19(24)12-22-11-10-13-4-1-2-7-17(13)22/h1-2,4,7-9,16H,3,5-6,10-12H2,(H,20,23)(H,21,24)/t16-/m0/s1. The van der Waals surface area contributed by atoms with Gasteiger partial charge in [-0.2, -0.15) is 0 Å². The Balaban J connectivity index is 1.46. The van der Waals surface area contributed by atoms with Crippen LogP contribution in [-0.4, -0.2) is 24.0 Å². The molecule has 1 amide bonds. The largest absolute Gasteiger partial charge is 0.362 e. The molecule has 0 saturated heterocycles. The number of aromatic nitrogens is 1. The molecule has 24 heavy (non-hydrogen) atoms. The summed E-state index contributed by atoms with van der Waals surface area (Å²) in [5, 5.41) is 3.15. The fourth-order valence-corrected chi connectivity index (χ4v) is 3.83. The van der Waals surface area contributed by atoms with Crippen molar-refractivity contribution >= 4 is 11.6 Å². The number of anilines is 1. The Morgan fingerprint density at radius 3 is 3.00 bits per heavy atom. The molecule has 0 radical (unpaired) electrons. The highest BCUT2D eigenvalue weighted by Crippen LogP contribution is 2.29. The number of fused-ring (bicyclic) bond motifs is 2. The van der Waals surface area contributed by atoms with Crippen LogP contribution in [-0.2, 0) is 17.6 Å². The molecule has 1 atom stereocenters. The first-order valence-electron chi connectivity index (χ1n) is 8.55. The highest BCUT2D eigenvalue weighted by molar-refractivity contribution is 5.82. The molecule has 124 valence electrons. The molecule has 0 spiro atoms. The van der Waals surface area contributed by atoms with E-state index in [0.29, 0.717) is 6.54 Å². The van der Waals surface area contributed by atoms with Gasteiger partial charge in [-0.1, -0.05) is 18.2 Å². The van der Waals surface area contributed by atoms with E-state index in [0.717, 1.165) is 43.5 Å². The van der Waals surface area contributed by atoms with Crippen LogP contribution in [0.15, 0.2) is 41.2 Å². The molecule has 0 saturated carbocycles. The maximum Gasteiger partial charge on any atom is 0.248 e. The molecule has 1 aromatic carbocycles. The number of hydrogen-bond donors (Lipinski definition) is 2. The molecule has 5 nitrogen and oxygen atoms in total. The highest BCUT2D eigenvalue weighted by atomic mass is 16.2. The van der Waals surface area contributed by atoms with Crippen LogP contribution in [0.3, 0.4) is 0 Å². The second-order valence-corrected chi connectivity index (χ2v) is 6.57. The van der Waals surface area contributed by atoms with E-state index < -0.39 is 0 Å². The second-order valence-electron chi connectivity index (χ2n) is 6.57. The number of nitrogens with one attached hydrogen (secondary N) is 2. The number of para-hydroxylation sites is 1. The molecule has 0 bridgehead atoms. The van der Waals surface area contributed by atoms with Crippen LogP contribution in [0.1, 0.15) is 35.7 Å². The van der Waals surface area contributed by atoms with Gasteiger partial charge in [-0.05, 0) is 48.9 Å². The summed E-state index contributed by atoms with van der Waals surface area (Å²) in [7, 11) is 0. The average Bonchev–Trinajstić information content (AvgIpc) is 2.98. The van der Waals surface area contributed by atoms with Crippen LogP contribution in [0.4, 0.5) is 5.69 Å². The SMILES string of the molecule is O=C(CN1CCc2ccccc21)N[C@H]1CCCc2[nH]c(=O)ccc21. The first kappa shape index (κ1) is 15.0. The normalized spacial score (nSPS) is 18.8. The van der Waals surface area contributed by atoms with E-state index in [-0.39, 0.29) is 17.5 Å². The predicted octanol–water partition coefficient (Wildman–Crippen LogP) is 1.93. The van der Waals surface area contributed by atoms with Crippen LogP contribution in [0.25, 0.3) is 0 Å². The maximum atomic E-state index is 12.5. The van der Waals surface area contributed by atoms with Crippen molar-refractivity contribution in [2.75, 3.05) is 18.0 Å². The van der Waals surface area contributed by atoms with Crippen LogP contribution < -0.4 is 15.8 Å². The van der Waals surface area contributed by atoms with Crippen molar-refractivity contribution in [3.63, 3.8) is 0 Å². The van der Waals surface area contributed by atoms with Gasteiger partial charge >= 0.3 is 0 Å². The minimum atomic E-state index is -0.0746. The monoisotopic (exact) mass is 323 g/mol. The number of nitrogens with zero attached hydrogens (tertiary/aromatic N) is 1. The molecule has 1 aliphatic heterocycles. The summed E-state index contributed by atoms with van der Waals surface area (Å²) in [4.78, 5) is 29.0. The number of pyridine rings is 1. The van der Waals surface area contributed by atoms with Crippen LogP contribution in [0.2, 0.25) is 0 Å². The van der Waals surface area contributed by atoms with Gasteiger partial charge in [0.2, 0.25) is 11.5 Å². The summed E-state index contributed by atoms with van der Waals surface area (Å²) in [6, 6.07) is 11.7. The number of aryl methyl sites for hydroxylation is 1. The van der Waals surface area contributed by atoms with Gasteiger partial charge < -0.3 is 15.2 Å². The Morgan fingerprint density at radius 2 is 2.08 bits per heavy atom. The predicted molar refractivity (Wildman–Crippen MR) is 93.2 cm³/mol. The number of carbonyl (C=O) groups excluding carboxylic acids is 1. The Labute approximate surface area is 140 Å². The van der Waals surface area contributed by atoms with Crippen molar-refractivity contribution in [2.24, 2.45) is 0 Å². The fraction of sp³-hybridized carbons (Fsp3) is 0.368. The Hall–Kier alpha value is -2.56. The average molecular weight is 323 g/mol. The van der Waals surface area contributed by atoms with Crippen molar-refractivity contribution < 1.29 is 4.79 Å². The Morgan fingerprint density at radius 1 is 1.21 bits per heavy atom. The number of carbonyl (C=O) groups is 1. The molecule has 2 aliphatic rings. The van der Waals surface area contributed by atoms with Crippen molar-refractivity contribution in [3.05, 3.63) is 63.6 Å². The van der Waals surface area contributed by atoms with Crippen LogP contribution in [0.5, 0.6) is 0 Å². The molecule has 1 aliphatic carbocycles. The summed E-state index contributed by atoms with van der Waals surface area (Å²) >= 11 is 0. The highest BCUT2D eigenvalue weighted by Gasteiger charge is 2.25. The van der Waals surface area contributed by atoms with Gasteiger partial charge in [0.15, 0.2) is 0 Å². The van der Waals surface area contributed by atoms with Gasteiger partial charge in [-0.25, -0.2) is 0 Å². The zero-order chi connectivity index (χ0) is 16.5. The van der Waals surface area contributed by atoms with Gasteiger partial charge in [0.25, 0.3) is 0 Å². The number of aromatic amines is 1. The third kappa shape index (κ3) is 2.82. The van der Waals surface area contributed by atoms with Crippen molar-refractivity contribution in [2.45, 2.75) is 31.7 Å². The lowest BCUT2D eigenvalue weighted by molar-refractivity contribution is -0.120. The first-order valence-corrected chi connectivity index (χ1v) is 8.55. The molecule has 1 aromatic heterocycles. The number of hydrogen-bond acceptors (Lipinski definition) is 3.